The Morgan fingerprint density at radius 3 is 2.37 bits per heavy atom. The standard InChI is InChI=1S/C16H29N3O7S/c1-4-12(6-25-7-15(22)23)19-16(24)14(17)9-27-8-13(26-11(3)21)5-18-10(2)20/h12-14H,4-9,17H2,1-3H3,(H,18,20)(H,19,24)(H,22,23)/t12-,13+,14-/m0/s1. The third-order valence-electron chi connectivity index (χ3n) is 3.23. The molecule has 0 unspecified atom stereocenters. The second-order valence-corrected chi connectivity index (χ2v) is 6.91. The van der Waals surface area contributed by atoms with Gasteiger partial charge < -0.3 is 30.9 Å². The zero-order valence-corrected chi connectivity index (χ0v) is 16.7. The molecule has 0 fully saturated rings. The number of thioether (sulfide) groups is 1. The minimum absolute atomic E-state index is 0.0830. The maximum absolute atomic E-state index is 12.1. The van der Waals surface area contributed by atoms with E-state index >= 15 is 0 Å². The van der Waals surface area contributed by atoms with Gasteiger partial charge in [-0.15, -0.1) is 0 Å². The van der Waals surface area contributed by atoms with E-state index in [-0.39, 0.29) is 36.8 Å². The second-order valence-electron chi connectivity index (χ2n) is 5.84. The number of amides is 2. The van der Waals surface area contributed by atoms with Gasteiger partial charge in [-0.3, -0.25) is 14.4 Å². The van der Waals surface area contributed by atoms with Gasteiger partial charge in [0.25, 0.3) is 0 Å². The van der Waals surface area contributed by atoms with Crippen LogP contribution in [0.3, 0.4) is 0 Å². The number of hydrogen-bond donors (Lipinski definition) is 4. The summed E-state index contributed by atoms with van der Waals surface area (Å²) in [5.41, 5.74) is 5.86. The van der Waals surface area contributed by atoms with Crippen molar-refractivity contribution in [2.45, 2.75) is 45.4 Å². The van der Waals surface area contributed by atoms with Gasteiger partial charge in [0.15, 0.2) is 0 Å². The van der Waals surface area contributed by atoms with Crippen LogP contribution in [-0.2, 0) is 28.7 Å². The molecule has 0 aromatic heterocycles. The summed E-state index contributed by atoms with van der Waals surface area (Å²) in [6, 6.07) is -1.12. The molecule has 5 N–H and O–H groups in total. The number of carboxylic acid groups (broad SMARTS) is 1. The highest BCUT2D eigenvalue weighted by atomic mass is 32.2. The van der Waals surface area contributed by atoms with Crippen molar-refractivity contribution < 1.29 is 33.8 Å². The van der Waals surface area contributed by atoms with Crippen LogP contribution in [0.25, 0.3) is 0 Å². The lowest BCUT2D eigenvalue weighted by Crippen LogP contribution is -2.48. The Labute approximate surface area is 162 Å². The minimum atomic E-state index is -1.08. The summed E-state index contributed by atoms with van der Waals surface area (Å²) in [4.78, 5) is 44.6. The normalized spacial score (nSPS) is 13.9. The molecule has 0 saturated heterocycles. The van der Waals surface area contributed by atoms with E-state index in [9.17, 15) is 19.2 Å². The topological polar surface area (TPSA) is 157 Å². The third kappa shape index (κ3) is 13.9. The first-order valence-electron chi connectivity index (χ1n) is 8.50. The van der Waals surface area contributed by atoms with Crippen molar-refractivity contribution in [2.75, 3.05) is 31.3 Å². The number of carboxylic acids is 1. The second kappa shape index (κ2) is 14.2. The molecule has 0 rings (SSSR count). The van der Waals surface area contributed by atoms with Gasteiger partial charge in [-0.25, -0.2) is 4.79 Å². The Bertz CT molecular complexity index is 504. The maximum Gasteiger partial charge on any atom is 0.329 e. The number of aliphatic carboxylic acids is 1. The predicted molar refractivity (Wildman–Crippen MR) is 100 cm³/mol. The third-order valence-corrected chi connectivity index (χ3v) is 4.44. The fourth-order valence-electron chi connectivity index (χ4n) is 1.89. The lowest BCUT2D eigenvalue weighted by atomic mass is 10.2. The van der Waals surface area contributed by atoms with Gasteiger partial charge in [0, 0.05) is 25.4 Å². The van der Waals surface area contributed by atoms with Crippen molar-refractivity contribution >= 4 is 35.5 Å². The summed E-state index contributed by atoms with van der Waals surface area (Å²) >= 11 is 1.32. The summed E-state index contributed by atoms with van der Waals surface area (Å²) < 4.78 is 10.1. The number of ether oxygens (including phenoxy) is 2. The molecule has 27 heavy (non-hydrogen) atoms. The Morgan fingerprint density at radius 1 is 1.19 bits per heavy atom. The van der Waals surface area contributed by atoms with E-state index < -0.39 is 30.7 Å². The van der Waals surface area contributed by atoms with Gasteiger partial charge in [-0.2, -0.15) is 11.8 Å². The monoisotopic (exact) mass is 407 g/mol. The molecular formula is C16H29N3O7S. The largest absolute Gasteiger partial charge is 0.480 e. The van der Waals surface area contributed by atoms with E-state index in [4.69, 9.17) is 20.3 Å². The number of esters is 1. The molecule has 156 valence electrons. The van der Waals surface area contributed by atoms with Crippen LogP contribution >= 0.6 is 11.8 Å². The number of rotatable bonds is 14. The Hall–Kier alpha value is -1.85. The number of carbonyl (C=O) groups is 4. The Kier molecular flexibility index (Phi) is 13.3. The van der Waals surface area contributed by atoms with Crippen molar-refractivity contribution in [3.05, 3.63) is 0 Å². The van der Waals surface area contributed by atoms with Gasteiger partial charge in [0.1, 0.15) is 12.7 Å². The van der Waals surface area contributed by atoms with Crippen molar-refractivity contribution in [3.8, 4) is 0 Å². The molecule has 0 aliphatic carbocycles. The average molecular weight is 407 g/mol. The van der Waals surface area contributed by atoms with E-state index in [0.29, 0.717) is 12.2 Å². The summed E-state index contributed by atoms with van der Waals surface area (Å²) in [5.74, 6) is -1.48. The van der Waals surface area contributed by atoms with Crippen LogP contribution in [0.1, 0.15) is 27.2 Å². The molecule has 10 nitrogen and oxygen atoms in total. The highest BCUT2D eigenvalue weighted by molar-refractivity contribution is 7.99. The van der Waals surface area contributed by atoms with Crippen LogP contribution in [-0.4, -0.2) is 78.3 Å². The van der Waals surface area contributed by atoms with E-state index in [2.05, 4.69) is 10.6 Å². The van der Waals surface area contributed by atoms with E-state index in [1.165, 1.54) is 25.6 Å². The zero-order valence-electron chi connectivity index (χ0n) is 15.9. The maximum atomic E-state index is 12.1. The molecule has 0 aliphatic rings. The molecule has 0 aromatic carbocycles. The first kappa shape index (κ1) is 25.1. The first-order chi connectivity index (χ1) is 12.6. The van der Waals surface area contributed by atoms with E-state index in [1.807, 2.05) is 6.92 Å². The molecule has 3 atom stereocenters. The van der Waals surface area contributed by atoms with Crippen LogP contribution in [0, 0.1) is 0 Å². The fourth-order valence-corrected chi connectivity index (χ4v) is 2.88. The van der Waals surface area contributed by atoms with Crippen molar-refractivity contribution in [3.63, 3.8) is 0 Å². The molecule has 0 spiro atoms. The molecule has 0 aliphatic heterocycles. The van der Waals surface area contributed by atoms with Gasteiger partial charge in [0.05, 0.1) is 25.2 Å². The van der Waals surface area contributed by atoms with E-state index in [0.717, 1.165) is 0 Å². The van der Waals surface area contributed by atoms with Crippen molar-refractivity contribution in [1.29, 1.82) is 0 Å². The number of nitrogens with one attached hydrogen (secondary N) is 2. The molecule has 0 aromatic rings. The first-order valence-corrected chi connectivity index (χ1v) is 9.66. The Morgan fingerprint density at radius 2 is 1.85 bits per heavy atom. The van der Waals surface area contributed by atoms with Crippen LogP contribution in [0.5, 0.6) is 0 Å². The van der Waals surface area contributed by atoms with Crippen molar-refractivity contribution in [1.82, 2.24) is 10.6 Å². The van der Waals surface area contributed by atoms with Gasteiger partial charge in [0.2, 0.25) is 11.8 Å². The molecule has 11 heteroatoms. The molecular weight excluding hydrogens is 378 g/mol. The Balaban J connectivity index is 4.28. The van der Waals surface area contributed by atoms with Crippen LogP contribution in [0.2, 0.25) is 0 Å². The summed E-state index contributed by atoms with van der Waals surface area (Å²) in [5, 5.41) is 13.8. The van der Waals surface area contributed by atoms with Gasteiger partial charge in [-0.1, -0.05) is 6.92 Å². The van der Waals surface area contributed by atoms with Gasteiger partial charge >= 0.3 is 11.9 Å². The molecule has 2 amide bonds. The number of carbonyl (C=O) groups excluding carboxylic acids is 3. The number of nitrogens with two attached hydrogens (primary N) is 1. The van der Waals surface area contributed by atoms with Crippen molar-refractivity contribution in [2.24, 2.45) is 5.73 Å². The molecule has 0 bridgehead atoms. The minimum Gasteiger partial charge on any atom is -0.480 e. The van der Waals surface area contributed by atoms with Gasteiger partial charge in [-0.05, 0) is 6.42 Å². The average Bonchev–Trinajstić information content (AvgIpc) is 2.57. The quantitative estimate of drug-likeness (QED) is 0.268. The predicted octanol–water partition coefficient (Wildman–Crippen LogP) is -0.889. The zero-order chi connectivity index (χ0) is 20.8. The lowest BCUT2D eigenvalue weighted by molar-refractivity contribution is -0.145. The summed E-state index contributed by atoms with van der Waals surface area (Å²) in [6.45, 7) is 4.31. The van der Waals surface area contributed by atoms with E-state index in [1.54, 1.807) is 0 Å². The smallest absolute Gasteiger partial charge is 0.329 e. The highest BCUT2D eigenvalue weighted by Gasteiger charge is 2.19. The SMILES string of the molecule is CC[C@@H](COCC(=O)O)NC(=O)[C@@H](N)CSC[C@@H](CNC(C)=O)OC(C)=O. The summed E-state index contributed by atoms with van der Waals surface area (Å²) in [6.07, 6.45) is 0.0516. The summed E-state index contributed by atoms with van der Waals surface area (Å²) in [7, 11) is 0. The van der Waals surface area contributed by atoms with Crippen LogP contribution < -0.4 is 16.4 Å². The fraction of sp³-hybridized carbons (Fsp3) is 0.750. The van der Waals surface area contributed by atoms with Crippen LogP contribution in [0.4, 0.5) is 0 Å². The lowest BCUT2D eigenvalue weighted by Gasteiger charge is -2.20. The number of hydrogen-bond acceptors (Lipinski definition) is 8. The highest BCUT2D eigenvalue weighted by Crippen LogP contribution is 2.08. The molecule has 0 saturated carbocycles. The molecule has 0 heterocycles. The van der Waals surface area contributed by atoms with Crippen LogP contribution in [0.15, 0.2) is 0 Å². The molecule has 0 radical (unpaired) electrons.